The standard InChI is InChI=1S/C20H23N5O.2ClH/c21-13-16-4-6-17(7-5-16)20(26)24-11-9-23(10-12-24)14-18-15-25-8-2-1-3-19(25)22-18;;/h1-8,15H,9-14,21H2;2*1H. The van der Waals surface area contributed by atoms with Gasteiger partial charge in [0.15, 0.2) is 0 Å². The van der Waals surface area contributed by atoms with E-state index in [9.17, 15) is 4.79 Å². The van der Waals surface area contributed by atoms with Crippen LogP contribution in [-0.4, -0.2) is 51.3 Å². The fraction of sp³-hybridized carbons (Fsp3) is 0.300. The van der Waals surface area contributed by atoms with E-state index < -0.39 is 0 Å². The molecule has 1 amide bonds. The van der Waals surface area contributed by atoms with E-state index in [1.807, 2.05) is 58.0 Å². The zero-order valence-corrected chi connectivity index (χ0v) is 17.2. The van der Waals surface area contributed by atoms with Crippen LogP contribution in [0.2, 0.25) is 0 Å². The Balaban J connectivity index is 0.00000140. The van der Waals surface area contributed by atoms with E-state index in [1.165, 1.54) is 0 Å². The highest BCUT2D eigenvalue weighted by Crippen LogP contribution is 2.13. The summed E-state index contributed by atoms with van der Waals surface area (Å²) in [5.74, 6) is 0.0981. The number of nitrogens with two attached hydrogens (primary N) is 1. The minimum absolute atomic E-state index is 0. The van der Waals surface area contributed by atoms with Gasteiger partial charge in [-0.1, -0.05) is 18.2 Å². The molecule has 8 heteroatoms. The van der Waals surface area contributed by atoms with Crippen LogP contribution in [0.15, 0.2) is 54.9 Å². The smallest absolute Gasteiger partial charge is 0.253 e. The van der Waals surface area contributed by atoms with Gasteiger partial charge in [-0.15, -0.1) is 24.8 Å². The molecule has 0 radical (unpaired) electrons. The molecule has 1 aliphatic rings. The molecule has 3 heterocycles. The van der Waals surface area contributed by atoms with Crippen LogP contribution in [0.4, 0.5) is 0 Å². The summed E-state index contributed by atoms with van der Waals surface area (Å²) in [6.07, 6.45) is 4.09. The second kappa shape index (κ2) is 9.89. The van der Waals surface area contributed by atoms with E-state index in [0.29, 0.717) is 6.54 Å². The average Bonchev–Trinajstić information content (AvgIpc) is 3.10. The van der Waals surface area contributed by atoms with Gasteiger partial charge in [0.05, 0.1) is 5.69 Å². The molecule has 1 fully saturated rings. The number of hydrogen-bond acceptors (Lipinski definition) is 4. The van der Waals surface area contributed by atoms with E-state index in [1.54, 1.807) is 0 Å². The molecule has 2 aromatic heterocycles. The molecule has 6 nitrogen and oxygen atoms in total. The summed E-state index contributed by atoms with van der Waals surface area (Å²) < 4.78 is 2.04. The van der Waals surface area contributed by atoms with E-state index >= 15 is 0 Å². The van der Waals surface area contributed by atoms with Gasteiger partial charge in [-0.05, 0) is 29.8 Å². The molecule has 1 aromatic carbocycles. The zero-order chi connectivity index (χ0) is 17.9. The van der Waals surface area contributed by atoms with Crippen LogP contribution >= 0.6 is 24.8 Å². The molecule has 2 N–H and O–H groups in total. The quantitative estimate of drug-likeness (QED) is 0.702. The Morgan fingerprint density at radius 3 is 2.36 bits per heavy atom. The molecule has 4 rings (SSSR count). The normalized spacial score (nSPS) is 14.4. The molecule has 0 aliphatic carbocycles. The number of benzene rings is 1. The maximum absolute atomic E-state index is 12.6. The van der Waals surface area contributed by atoms with Crippen LogP contribution in [0.25, 0.3) is 5.65 Å². The van der Waals surface area contributed by atoms with Crippen LogP contribution in [0.3, 0.4) is 0 Å². The van der Waals surface area contributed by atoms with Crippen molar-refractivity contribution in [2.45, 2.75) is 13.1 Å². The van der Waals surface area contributed by atoms with Crippen molar-refractivity contribution in [3.8, 4) is 0 Å². The van der Waals surface area contributed by atoms with Gasteiger partial charge in [0.2, 0.25) is 0 Å². The third kappa shape index (κ3) is 4.83. The van der Waals surface area contributed by atoms with Gasteiger partial charge >= 0.3 is 0 Å². The molecule has 0 unspecified atom stereocenters. The third-order valence-corrected chi connectivity index (χ3v) is 4.90. The number of imidazole rings is 1. The van der Waals surface area contributed by atoms with Gasteiger partial charge in [-0.2, -0.15) is 0 Å². The van der Waals surface area contributed by atoms with E-state index in [0.717, 1.165) is 55.2 Å². The van der Waals surface area contributed by atoms with Crippen molar-refractivity contribution in [2.75, 3.05) is 26.2 Å². The van der Waals surface area contributed by atoms with Gasteiger partial charge in [-0.3, -0.25) is 9.69 Å². The lowest BCUT2D eigenvalue weighted by atomic mass is 10.1. The molecule has 28 heavy (non-hydrogen) atoms. The first kappa shape index (κ1) is 22.2. The van der Waals surface area contributed by atoms with Crippen molar-refractivity contribution in [2.24, 2.45) is 5.73 Å². The predicted octanol–water partition coefficient (Wildman–Crippen LogP) is 2.59. The number of halogens is 2. The highest BCUT2D eigenvalue weighted by atomic mass is 35.5. The lowest BCUT2D eigenvalue weighted by molar-refractivity contribution is 0.0627. The number of pyridine rings is 1. The fourth-order valence-electron chi connectivity index (χ4n) is 3.37. The van der Waals surface area contributed by atoms with Crippen molar-refractivity contribution >= 4 is 36.4 Å². The molecule has 0 bridgehead atoms. The summed E-state index contributed by atoms with van der Waals surface area (Å²) in [6.45, 7) is 4.52. The molecule has 1 aliphatic heterocycles. The Morgan fingerprint density at radius 1 is 1.00 bits per heavy atom. The van der Waals surface area contributed by atoms with E-state index in [-0.39, 0.29) is 30.7 Å². The molecule has 3 aromatic rings. The van der Waals surface area contributed by atoms with Gasteiger partial charge < -0.3 is 15.0 Å². The van der Waals surface area contributed by atoms with Crippen LogP contribution in [0.1, 0.15) is 21.6 Å². The zero-order valence-electron chi connectivity index (χ0n) is 15.5. The van der Waals surface area contributed by atoms with Crippen molar-refractivity contribution in [1.29, 1.82) is 0 Å². The number of aromatic nitrogens is 2. The average molecular weight is 422 g/mol. The van der Waals surface area contributed by atoms with Crippen LogP contribution < -0.4 is 5.73 Å². The summed E-state index contributed by atoms with van der Waals surface area (Å²) in [6, 6.07) is 13.6. The van der Waals surface area contributed by atoms with Gasteiger partial charge in [0.1, 0.15) is 5.65 Å². The molecule has 1 saturated heterocycles. The van der Waals surface area contributed by atoms with Crippen LogP contribution in [0, 0.1) is 0 Å². The molecule has 0 saturated carbocycles. The molecule has 0 spiro atoms. The third-order valence-electron chi connectivity index (χ3n) is 4.90. The number of fused-ring (bicyclic) bond motifs is 1. The first-order valence-corrected chi connectivity index (χ1v) is 8.96. The van der Waals surface area contributed by atoms with Crippen molar-refractivity contribution in [3.63, 3.8) is 0 Å². The number of amides is 1. The predicted molar refractivity (Wildman–Crippen MR) is 115 cm³/mol. The van der Waals surface area contributed by atoms with E-state index in [4.69, 9.17) is 5.73 Å². The Kier molecular flexibility index (Phi) is 7.83. The number of hydrogen-bond donors (Lipinski definition) is 1. The van der Waals surface area contributed by atoms with Crippen LogP contribution in [0.5, 0.6) is 0 Å². The number of carbonyl (C=O) groups is 1. The van der Waals surface area contributed by atoms with Crippen molar-refractivity contribution in [3.05, 3.63) is 71.7 Å². The second-order valence-electron chi connectivity index (χ2n) is 6.67. The fourth-order valence-corrected chi connectivity index (χ4v) is 3.37. The molecular weight excluding hydrogens is 397 g/mol. The SMILES string of the molecule is Cl.Cl.NCc1ccc(C(=O)N2CCN(Cc3cn4ccccc4n3)CC2)cc1. The molecule has 150 valence electrons. The molecule has 0 atom stereocenters. The first-order valence-electron chi connectivity index (χ1n) is 8.96. The number of nitrogens with zero attached hydrogens (tertiary/aromatic N) is 4. The Bertz CT molecular complexity index is 871. The summed E-state index contributed by atoms with van der Waals surface area (Å²) in [5.41, 5.74) is 9.42. The summed E-state index contributed by atoms with van der Waals surface area (Å²) >= 11 is 0. The maximum atomic E-state index is 12.6. The highest BCUT2D eigenvalue weighted by Gasteiger charge is 2.22. The Morgan fingerprint density at radius 2 is 1.71 bits per heavy atom. The highest BCUT2D eigenvalue weighted by molar-refractivity contribution is 5.94. The number of carbonyl (C=O) groups excluding carboxylic acids is 1. The van der Waals surface area contributed by atoms with Crippen molar-refractivity contribution < 1.29 is 4.79 Å². The topological polar surface area (TPSA) is 66.9 Å². The van der Waals surface area contributed by atoms with Gasteiger partial charge in [-0.25, -0.2) is 4.98 Å². The lowest BCUT2D eigenvalue weighted by Gasteiger charge is -2.34. The maximum Gasteiger partial charge on any atom is 0.253 e. The summed E-state index contributed by atoms with van der Waals surface area (Å²) in [7, 11) is 0. The number of piperazine rings is 1. The summed E-state index contributed by atoms with van der Waals surface area (Å²) in [5, 5.41) is 0. The first-order chi connectivity index (χ1) is 12.7. The van der Waals surface area contributed by atoms with E-state index in [2.05, 4.69) is 16.1 Å². The largest absolute Gasteiger partial charge is 0.336 e. The second-order valence-corrected chi connectivity index (χ2v) is 6.67. The lowest BCUT2D eigenvalue weighted by Crippen LogP contribution is -2.48. The minimum atomic E-state index is 0. The van der Waals surface area contributed by atoms with Gasteiger partial charge in [0.25, 0.3) is 5.91 Å². The van der Waals surface area contributed by atoms with Crippen LogP contribution in [-0.2, 0) is 13.1 Å². The van der Waals surface area contributed by atoms with Gasteiger partial charge in [0, 0.05) is 57.2 Å². The number of rotatable bonds is 4. The van der Waals surface area contributed by atoms with Crippen molar-refractivity contribution in [1.82, 2.24) is 19.2 Å². The molecular formula is C20H25Cl2N5O. The summed E-state index contributed by atoms with van der Waals surface area (Å²) in [4.78, 5) is 21.6. The monoisotopic (exact) mass is 421 g/mol. The Labute approximate surface area is 177 Å². The minimum Gasteiger partial charge on any atom is -0.336 e. The Hall–Kier alpha value is -2.12.